The van der Waals surface area contributed by atoms with Crippen LogP contribution in [-0.4, -0.2) is 42.3 Å². The molecule has 2 rings (SSSR count). The van der Waals surface area contributed by atoms with Crippen LogP contribution in [0.3, 0.4) is 0 Å². The summed E-state index contributed by atoms with van der Waals surface area (Å²) in [6, 6.07) is 6.72. The molecule has 2 aromatic carbocycles. The number of halogens is 5. The largest absolute Gasteiger partial charge is 0.493 e. The van der Waals surface area contributed by atoms with Crippen molar-refractivity contribution in [2.75, 3.05) is 26.6 Å². The molecule has 33 heavy (non-hydrogen) atoms. The SMILES string of the molecule is COc1cc(C(=O)N[C@H](NC(=S)Nc2c(C)cc(Br)cc2Br)C(Cl)(Cl)Cl)cc(OC)c1OC. The van der Waals surface area contributed by atoms with E-state index in [1.807, 2.05) is 19.1 Å². The van der Waals surface area contributed by atoms with E-state index in [9.17, 15) is 4.79 Å². The first-order chi connectivity index (χ1) is 15.4. The number of rotatable bonds is 7. The minimum atomic E-state index is -1.94. The number of amides is 1. The van der Waals surface area contributed by atoms with Gasteiger partial charge in [0.15, 0.2) is 16.6 Å². The van der Waals surface area contributed by atoms with Crippen molar-refractivity contribution in [1.29, 1.82) is 0 Å². The van der Waals surface area contributed by atoms with Crippen molar-refractivity contribution in [2.45, 2.75) is 16.9 Å². The molecule has 0 aliphatic rings. The van der Waals surface area contributed by atoms with E-state index >= 15 is 0 Å². The summed E-state index contributed by atoms with van der Waals surface area (Å²) in [4.78, 5) is 13.0. The van der Waals surface area contributed by atoms with Crippen LogP contribution < -0.4 is 30.2 Å². The number of methoxy groups -OCH3 is 3. The smallest absolute Gasteiger partial charge is 0.253 e. The second kappa shape index (κ2) is 12.0. The molecule has 0 aliphatic carbocycles. The number of nitrogens with one attached hydrogen (secondary N) is 3. The van der Waals surface area contributed by atoms with Crippen LogP contribution in [0.2, 0.25) is 0 Å². The van der Waals surface area contributed by atoms with Crippen LogP contribution in [0, 0.1) is 6.92 Å². The Bertz CT molecular complexity index is 1010. The zero-order valence-electron chi connectivity index (χ0n) is 17.8. The molecular formula is C20H20Br2Cl3N3O4S. The lowest BCUT2D eigenvalue weighted by molar-refractivity contribution is 0.0933. The first-order valence-corrected chi connectivity index (χ1v) is 12.2. The van der Waals surface area contributed by atoms with E-state index in [1.165, 1.54) is 33.5 Å². The summed E-state index contributed by atoms with van der Waals surface area (Å²) in [5.41, 5.74) is 1.82. The van der Waals surface area contributed by atoms with Gasteiger partial charge in [0.25, 0.3) is 5.91 Å². The van der Waals surface area contributed by atoms with E-state index < -0.39 is 15.9 Å². The number of ether oxygens (including phenoxy) is 3. The lowest BCUT2D eigenvalue weighted by Crippen LogP contribution is -2.56. The zero-order chi connectivity index (χ0) is 24.9. The molecule has 0 spiro atoms. The Balaban J connectivity index is 2.25. The minimum absolute atomic E-state index is 0.127. The van der Waals surface area contributed by atoms with Crippen LogP contribution in [0.5, 0.6) is 17.2 Å². The van der Waals surface area contributed by atoms with Gasteiger partial charge in [-0.05, 0) is 64.9 Å². The van der Waals surface area contributed by atoms with Crippen molar-refractivity contribution in [3.8, 4) is 17.2 Å². The molecule has 0 saturated carbocycles. The van der Waals surface area contributed by atoms with Crippen LogP contribution in [0.1, 0.15) is 15.9 Å². The lowest BCUT2D eigenvalue weighted by Gasteiger charge is -2.28. The Morgan fingerprint density at radius 2 is 1.58 bits per heavy atom. The summed E-state index contributed by atoms with van der Waals surface area (Å²) in [5.74, 6) is 0.372. The molecule has 0 fully saturated rings. The summed E-state index contributed by atoms with van der Waals surface area (Å²) in [7, 11) is 4.34. The van der Waals surface area contributed by atoms with Crippen LogP contribution in [0.15, 0.2) is 33.2 Å². The summed E-state index contributed by atoms with van der Waals surface area (Å²) in [6.45, 7) is 1.90. The Morgan fingerprint density at radius 1 is 1.00 bits per heavy atom. The predicted molar refractivity (Wildman–Crippen MR) is 144 cm³/mol. The first-order valence-electron chi connectivity index (χ1n) is 9.12. The predicted octanol–water partition coefficient (Wildman–Crippen LogP) is 5.96. The molecule has 0 heterocycles. The summed E-state index contributed by atoms with van der Waals surface area (Å²) < 4.78 is 15.6. The summed E-state index contributed by atoms with van der Waals surface area (Å²) in [6.07, 6.45) is -1.18. The third kappa shape index (κ3) is 7.40. The van der Waals surface area contributed by atoms with E-state index in [4.69, 9.17) is 61.2 Å². The van der Waals surface area contributed by atoms with Gasteiger partial charge in [0, 0.05) is 14.5 Å². The number of anilines is 1. The molecule has 0 saturated heterocycles. The van der Waals surface area contributed by atoms with E-state index in [0.717, 1.165) is 20.2 Å². The summed E-state index contributed by atoms with van der Waals surface area (Å²) >= 11 is 30.6. The fourth-order valence-corrected chi connectivity index (χ4v) is 4.85. The Hall–Kier alpha value is -1.17. The second-order valence-corrected chi connectivity index (χ2v) is 11.1. The van der Waals surface area contributed by atoms with Crippen molar-refractivity contribution >= 4 is 95.6 Å². The maximum absolute atomic E-state index is 13.0. The quantitative estimate of drug-likeness (QED) is 0.192. The van der Waals surface area contributed by atoms with Crippen LogP contribution in [0.25, 0.3) is 0 Å². The molecule has 1 atom stereocenters. The number of carbonyl (C=O) groups is 1. The average Bonchev–Trinajstić information content (AvgIpc) is 2.73. The molecule has 7 nitrogen and oxygen atoms in total. The molecule has 2 aromatic rings. The van der Waals surface area contributed by atoms with Gasteiger partial charge in [0.2, 0.25) is 9.54 Å². The highest BCUT2D eigenvalue weighted by Gasteiger charge is 2.35. The number of hydrogen-bond acceptors (Lipinski definition) is 5. The molecule has 0 radical (unpaired) electrons. The highest BCUT2D eigenvalue weighted by Crippen LogP contribution is 2.38. The topological polar surface area (TPSA) is 80.9 Å². The Kier molecular flexibility index (Phi) is 10.2. The van der Waals surface area contributed by atoms with Gasteiger partial charge in [-0.3, -0.25) is 4.79 Å². The molecule has 1 amide bonds. The lowest BCUT2D eigenvalue weighted by atomic mass is 10.1. The normalized spacial score (nSPS) is 11.9. The fourth-order valence-electron chi connectivity index (χ4n) is 2.77. The van der Waals surface area contributed by atoms with Crippen LogP contribution >= 0.6 is 78.9 Å². The highest BCUT2D eigenvalue weighted by molar-refractivity contribution is 9.11. The molecule has 0 aromatic heterocycles. The van der Waals surface area contributed by atoms with Gasteiger partial charge in [0.1, 0.15) is 6.17 Å². The van der Waals surface area contributed by atoms with Gasteiger partial charge in [-0.1, -0.05) is 50.7 Å². The van der Waals surface area contributed by atoms with Crippen molar-refractivity contribution in [1.82, 2.24) is 10.6 Å². The molecule has 0 unspecified atom stereocenters. The monoisotopic (exact) mass is 661 g/mol. The number of carbonyl (C=O) groups excluding carboxylic acids is 1. The highest BCUT2D eigenvalue weighted by atomic mass is 79.9. The van der Waals surface area contributed by atoms with Crippen molar-refractivity contribution in [2.24, 2.45) is 0 Å². The minimum Gasteiger partial charge on any atom is -0.493 e. The number of benzene rings is 2. The van der Waals surface area contributed by atoms with Gasteiger partial charge in [-0.15, -0.1) is 0 Å². The molecule has 180 valence electrons. The third-order valence-corrected chi connectivity index (χ3v) is 6.25. The second-order valence-electron chi connectivity index (χ2n) is 6.54. The van der Waals surface area contributed by atoms with E-state index in [0.29, 0.717) is 17.2 Å². The molecule has 0 aliphatic heterocycles. The third-order valence-electron chi connectivity index (χ3n) is 4.30. The number of hydrogen-bond donors (Lipinski definition) is 3. The van der Waals surface area contributed by atoms with Gasteiger partial charge in [-0.2, -0.15) is 0 Å². The van der Waals surface area contributed by atoms with Crippen molar-refractivity contribution in [3.63, 3.8) is 0 Å². The van der Waals surface area contributed by atoms with Gasteiger partial charge in [-0.25, -0.2) is 0 Å². The fraction of sp³-hybridized carbons (Fsp3) is 0.300. The van der Waals surface area contributed by atoms with Crippen LogP contribution in [-0.2, 0) is 0 Å². The average molecular weight is 665 g/mol. The molecule has 0 bridgehead atoms. The van der Waals surface area contributed by atoms with Crippen LogP contribution in [0.4, 0.5) is 5.69 Å². The Morgan fingerprint density at radius 3 is 2.03 bits per heavy atom. The standard InChI is InChI=1S/C20H20Br2Cl3N3O4S/c1-9-5-11(21)8-12(22)15(9)26-19(33)28-18(20(23,24)25)27-17(29)10-6-13(30-2)16(32-4)14(7-10)31-3/h5-8,18H,1-4H3,(H,27,29)(H2,26,28,33)/t18-/m1/s1. The summed E-state index contributed by atoms with van der Waals surface area (Å²) in [5, 5.41) is 8.62. The van der Waals surface area contributed by atoms with E-state index in [-0.39, 0.29) is 10.7 Å². The van der Waals surface area contributed by atoms with E-state index in [1.54, 1.807) is 0 Å². The van der Waals surface area contributed by atoms with E-state index in [2.05, 4.69) is 47.8 Å². The molecule has 13 heteroatoms. The molecule has 3 N–H and O–H groups in total. The van der Waals surface area contributed by atoms with Gasteiger partial charge < -0.3 is 30.2 Å². The maximum atomic E-state index is 13.0. The Labute approximate surface area is 229 Å². The van der Waals surface area contributed by atoms with Crippen molar-refractivity contribution < 1.29 is 19.0 Å². The maximum Gasteiger partial charge on any atom is 0.253 e. The number of thiocarbonyl (C=S) groups is 1. The zero-order valence-corrected chi connectivity index (χ0v) is 24.1. The number of alkyl halides is 3. The first kappa shape index (κ1) is 28.1. The molecular weight excluding hydrogens is 644 g/mol. The number of aryl methyl sites for hydroxylation is 1. The van der Waals surface area contributed by atoms with Gasteiger partial charge >= 0.3 is 0 Å². The van der Waals surface area contributed by atoms with Gasteiger partial charge in [0.05, 0.1) is 27.0 Å². The van der Waals surface area contributed by atoms with Crippen molar-refractivity contribution in [3.05, 3.63) is 44.3 Å².